The molecule has 0 saturated carbocycles. The van der Waals surface area contributed by atoms with Crippen molar-refractivity contribution in [3.63, 3.8) is 0 Å². The van der Waals surface area contributed by atoms with E-state index in [0.717, 1.165) is 21.1 Å². The molecule has 0 aliphatic rings. The second-order valence-electron chi connectivity index (χ2n) is 4.01. The number of aromatic nitrogens is 1. The van der Waals surface area contributed by atoms with E-state index < -0.39 is 6.10 Å². The highest BCUT2D eigenvalue weighted by atomic mass is 32.1. The van der Waals surface area contributed by atoms with E-state index in [1.807, 2.05) is 13.0 Å². The number of hydrogen-bond acceptors (Lipinski definition) is 3. The summed E-state index contributed by atoms with van der Waals surface area (Å²) in [6, 6.07) is 8.27. The molecule has 0 fully saturated rings. The Bertz CT molecular complexity index is 502. The summed E-state index contributed by atoms with van der Waals surface area (Å²) in [7, 11) is 0. The van der Waals surface area contributed by atoms with Crippen molar-refractivity contribution in [1.82, 2.24) is 4.98 Å². The Morgan fingerprint density at radius 3 is 2.62 bits per heavy atom. The Morgan fingerprint density at radius 2 is 2.06 bits per heavy atom. The molecule has 3 heteroatoms. The molecule has 1 N–H and O–H groups in total. The molecule has 0 radical (unpaired) electrons. The van der Waals surface area contributed by atoms with Gasteiger partial charge in [0, 0.05) is 5.56 Å². The maximum absolute atomic E-state index is 9.59. The van der Waals surface area contributed by atoms with Crippen LogP contribution in [0.3, 0.4) is 0 Å². The van der Waals surface area contributed by atoms with E-state index in [4.69, 9.17) is 0 Å². The smallest absolute Gasteiger partial charge is 0.123 e. The van der Waals surface area contributed by atoms with Crippen LogP contribution in [0.1, 0.15) is 29.2 Å². The van der Waals surface area contributed by atoms with Crippen LogP contribution < -0.4 is 0 Å². The standard InChI is InChI=1S/C13H15NOS/c1-8-5-4-6-11(7-8)13-14-9(2)12(16-13)10(3)15/h4-7,10,15H,1-3H3. The van der Waals surface area contributed by atoms with Crippen molar-refractivity contribution in [3.8, 4) is 10.6 Å². The van der Waals surface area contributed by atoms with Crippen LogP contribution in [0.2, 0.25) is 0 Å². The van der Waals surface area contributed by atoms with Crippen molar-refractivity contribution >= 4 is 11.3 Å². The minimum Gasteiger partial charge on any atom is -0.388 e. The van der Waals surface area contributed by atoms with Crippen molar-refractivity contribution in [2.75, 3.05) is 0 Å². The molecule has 0 aliphatic carbocycles. The molecule has 2 aromatic rings. The van der Waals surface area contributed by atoms with Crippen LogP contribution in [0.15, 0.2) is 24.3 Å². The Labute approximate surface area is 99.6 Å². The molecule has 16 heavy (non-hydrogen) atoms. The molecular weight excluding hydrogens is 218 g/mol. The summed E-state index contributed by atoms with van der Waals surface area (Å²) in [5.74, 6) is 0. The molecule has 2 nitrogen and oxygen atoms in total. The topological polar surface area (TPSA) is 33.1 Å². The summed E-state index contributed by atoms with van der Waals surface area (Å²) in [5.41, 5.74) is 3.28. The molecule has 2 rings (SSSR count). The van der Waals surface area contributed by atoms with Crippen LogP contribution >= 0.6 is 11.3 Å². The Morgan fingerprint density at radius 1 is 1.31 bits per heavy atom. The van der Waals surface area contributed by atoms with Gasteiger partial charge in [0.1, 0.15) is 5.01 Å². The number of hydrogen-bond donors (Lipinski definition) is 1. The van der Waals surface area contributed by atoms with E-state index in [0.29, 0.717) is 0 Å². The number of nitrogens with zero attached hydrogens (tertiary/aromatic N) is 1. The molecule has 84 valence electrons. The predicted molar refractivity (Wildman–Crippen MR) is 67.7 cm³/mol. The third-order valence-corrected chi connectivity index (χ3v) is 3.85. The van der Waals surface area contributed by atoms with Crippen molar-refractivity contribution < 1.29 is 5.11 Å². The lowest BCUT2D eigenvalue weighted by Crippen LogP contribution is -1.88. The second-order valence-corrected chi connectivity index (χ2v) is 5.04. The van der Waals surface area contributed by atoms with Crippen LogP contribution in [0.4, 0.5) is 0 Å². The molecular formula is C13H15NOS. The zero-order valence-corrected chi connectivity index (χ0v) is 10.5. The van der Waals surface area contributed by atoms with Crippen molar-refractivity contribution in [1.29, 1.82) is 0 Å². The van der Waals surface area contributed by atoms with Gasteiger partial charge in [-0.05, 0) is 26.8 Å². The minimum atomic E-state index is -0.434. The first-order chi connectivity index (χ1) is 7.58. The number of benzene rings is 1. The molecule has 0 saturated heterocycles. The maximum Gasteiger partial charge on any atom is 0.123 e. The second kappa shape index (κ2) is 4.36. The lowest BCUT2D eigenvalue weighted by Gasteiger charge is -1.99. The molecule has 1 aromatic carbocycles. The van der Waals surface area contributed by atoms with Gasteiger partial charge in [-0.1, -0.05) is 23.8 Å². The fourth-order valence-electron chi connectivity index (χ4n) is 1.70. The molecule has 1 aromatic heterocycles. The summed E-state index contributed by atoms with van der Waals surface area (Å²) < 4.78 is 0. The highest BCUT2D eigenvalue weighted by Gasteiger charge is 2.12. The average molecular weight is 233 g/mol. The van der Waals surface area contributed by atoms with Gasteiger partial charge in [0.05, 0.1) is 16.7 Å². The zero-order valence-electron chi connectivity index (χ0n) is 9.69. The largest absolute Gasteiger partial charge is 0.388 e. The third-order valence-electron chi connectivity index (χ3n) is 2.48. The number of aliphatic hydroxyl groups is 1. The molecule has 0 aliphatic heterocycles. The summed E-state index contributed by atoms with van der Waals surface area (Å²) in [6.07, 6.45) is -0.434. The monoisotopic (exact) mass is 233 g/mol. The summed E-state index contributed by atoms with van der Waals surface area (Å²) in [4.78, 5) is 5.46. The van der Waals surface area contributed by atoms with Crippen LogP contribution in [0.25, 0.3) is 10.6 Å². The zero-order chi connectivity index (χ0) is 11.7. The van der Waals surface area contributed by atoms with Gasteiger partial charge in [-0.3, -0.25) is 0 Å². The van der Waals surface area contributed by atoms with E-state index in [1.165, 1.54) is 5.56 Å². The molecule has 1 atom stereocenters. The summed E-state index contributed by atoms with van der Waals surface area (Å²) >= 11 is 1.57. The van der Waals surface area contributed by atoms with Gasteiger partial charge in [0.15, 0.2) is 0 Å². The van der Waals surface area contributed by atoms with E-state index in [-0.39, 0.29) is 0 Å². The Balaban J connectivity index is 2.45. The van der Waals surface area contributed by atoms with E-state index in [9.17, 15) is 5.11 Å². The summed E-state index contributed by atoms with van der Waals surface area (Å²) in [6.45, 7) is 5.79. The van der Waals surface area contributed by atoms with Gasteiger partial charge in [-0.15, -0.1) is 11.3 Å². The predicted octanol–water partition coefficient (Wildman–Crippen LogP) is 3.48. The Kier molecular flexibility index (Phi) is 3.08. The molecule has 0 bridgehead atoms. The first kappa shape index (κ1) is 11.3. The first-order valence-electron chi connectivity index (χ1n) is 5.30. The van der Waals surface area contributed by atoms with Crippen molar-refractivity contribution in [2.45, 2.75) is 26.9 Å². The van der Waals surface area contributed by atoms with Gasteiger partial charge in [-0.2, -0.15) is 0 Å². The molecule has 1 unspecified atom stereocenters. The van der Waals surface area contributed by atoms with E-state index >= 15 is 0 Å². The van der Waals surface area contributed by atoms with Gasteiger partial charge in [-0.25, -0.2) is 4.98 Å². The molecule has 0 amide bonds. The quantitative estimate of drug-likeness (QED) is 0.861. The highest BCUT2D eigenvalue weighted by molar-refractivity contribution is 7.15. The van der Waals surface area contributed by atoms with Crippen molar-refractivity contribution in [3.05, 3.63) is 40.4 Å². The van der Waals surface area contributed by atoms with Gasteiger partial charge in [0.25, 0.3) is 0 Å². The highest BCUT2D eigenvalue weighted by Crippen LogP contribution is 2.31. The third kappa shape index (κ3) is 2.15. The Hall–Kier alpha value is -1.19. The van der Waals surface area contributed by atoms with Gasteiger partial charge in [0.2, 0.25) is 0 Å². The normalized spacial score (nSPS) is 12.8. The van der Waals surface area contributed by atoms with Crippen LogP contribution in [0, 0.1) is 13.8 Å². The van der Waals surface area contributed by atoms with Gasteiger partial charge >= 0.3 is 0 Å². The van der Waals surface area contributed by atoms with Crippen LogP contribution in [-0.2, 0) is 0 Å². The lowest BCUT2D eigenvalue weighted by atomic mass is 10.1. The van der Waals surface area contributed by atoms with Crippen molar-refractivity contribution in [2.24, 2.45) is 0 Å². The molecule has 0 spiro atoms. The minimum absolute atomic E-state index is 0.434. The van der Waals surface area contributed by atoms with E-state index in [2.05, 4.69) is 30.1 Å². The fraction of sp³-hybridized carbons (Fsp3) is 0.308. The number of aryl methyl sites for hydroxylation is 2. The lowest BCUT2D eigenvalue weighted by molar-refractivity contribution is 0.202. The average Bonchev–Trinajstić information content (AvgIpc) is 2.60. The fourth-order valence-corrected chi connectivity index (χ4v) is 2.70. The number of rotatable bonds is 2. The van der Waals surface area contributed by atoms with E-state index in [1.54, 1.807) is 18.3 Å². The van der Waals surface area contributed by atoms with Crippen LogP contribution in [-0.4, -0.2) is 10.1 Å². The molecule has 1 heterocycles. The summed E-state index contributed by atoms with van der Waals surface area (Å²) in [5, 5.41) is 10.6. The van der Waals surface area contributed by atoms with Crippen LogP contribution in [0.5, 0.6) is 0 Å². The first-order valence-corrected chi connectivity index (χ1v) is 6.12. The van der Waals surface area contributed by atoms with Gasteiger partial charge < -0.3 is 5.11 Å². The SMILES string of the molecule is Cc1cccc(-c2nc(C)c(C(C)O)s2)c1. The maximum atomic E-state index is 9.59. The number of thiazole rings is 1. The number of aliphatic hydroxyl groups excluding tert-OH is 1.